The van der Waals surface area contributed by atoms with E-state index in [0.29, 0.717) is 0 Å². The summed E-state index contributed by atoms with van der Waals surface area (Å²) in [5.41, 5.74) is 6.08. The Balaban J connectivity index is 1.96. The Labute approximate surface area is 109 Å². The number of aromatic nitrogens is 2. The summed E-state index contributed by atoms with van der Waals surface area (Å²) in [5.74, 6) is 2.25. The number of hydrogen-bond donors (Lipinski definition) is 1. The van der Waals surface area contributed by atoms with Gasteiger partial charge in [0.1, 0.15) is 0 Å². The molecule has 2 N–H and O–H groups in total. The number of hydrogen-bond acceptors (Lipinski definition) is 4. The molecule has 0 bridgehead atoms. The molecule has 18 heavy (non-hydrogen) atoms. The second-order valence-corrected chi connectivity index (χ2v) is 5.81. The second kappa shape index (κ2) is 5.83. The highest BCUT2D eigenvalue weighted by Crippen LogP contribution is 2.35. The van der Waals surface area contributed by atoms with Crippen LogP contribution in [0, 0.1) is 5.92 Å². The lowest BCUT2D eigenvalue weighted by Gasteiger charge is -2.33. The molecule has 2 rings (SSSR count). The average Bonchev–Trinajstić information content (AvgIpc) is 2.83. The molecule has 0 amide bonds. The van der Waals surface area contributed by atoms with Crippen molar-refractivity contribution < 1.29 is 4.52 Å². The highest BCUT2D eigenvalue weighted by molar-refractivity contribution is 5.05. The van der Waals surface area contributed by atoms with Crippen LogP contribution in [0.15, 0.2) is 4.52 Å². The zero-order valence-corrected chi connectivity index (χ0v) is 11.6. The van der Waals surface area contributed by atoms with Crippen LogP contribution in [0.2, 0.25) is 0 Å². The van der Waals surface area contributed by atoms with E-state index in [4.69, 9.17) is 10.3 Å². The van der Waals surface area contributed by atoms with Crippen molar-refractivity contribution in [3.05, 3.63) is 11.7 Å². The van der Waals surface area contributed by atoms with Gasteiger partial charge in [-0.15, -0.1) is 0 Å². The average molecular weight is 251 g/mol. The van der Waals surface area contributed by atoms with Crippen LogP contribution in [0.5, 0.6) is 0 Å². The maximum Gasteiger partial charge on any atom is 0.226 e. The van der Waals surface area contributed by atoms with Crippen LogP contribution in [-0.4, -0.2) is 10.1 Å². The lowest BCUT2D eigenvalue weighted by Crippen LogP contribution is -2.41. The van der Waals surface area contributed by atoms with E-state index in [2.05, 4.69) is 24.0 Å². The van der Waals surface area contributed by atoms with E-state index in [1.807, 2.05) is 0 Å². The standard InChI is InChI=1S/C14H25N3O/c1-3-4-5-6-12-16-13(17-18-12)14(15)9-7-11(2)8-10-14/h11H,3-10,15H2,1-2H3. The molecular weight excluding hydrogens is 226 g/mol. The molecule has 1 fully saturated rings. The molecule has 4 nitrogen and oxygen atoms in total. The molecule has 0 saturated heterocycles. The van der Waals surface area contributed by atoms with Crippen LogP contribution >= 0.6 is 0 Å². The van der Waals surface area contributed by atoms with Crippen LogP contribution < -0.4 is 5.73 Å². The first-order chi connectivity index (χ1) is 8.64. The minimum atomic E-state index is -0.348. The van der Waals surface area contributed by atoms with Crippen molar-refractivity contribution in [3.63, 3.8) is 0 Å². The van der Waals surface area contributed by atoms with Gasteiger partial charge in [-0.05, 0) is 38.0 Å². The Morgan fingerprint density at radius 2 is 2.06 bits per heavy atom. The lowest BCUT2D eigenvalue weighted by atomic mass is 9.77. The summed E-state index contributed by atoms with van der Waals surface area (Å²) in [6.45, 7) is 4.48. The zero-order chi connectivity index (χ0) is 13.0. The van der Waals surface area contributed by atoms with E-state index < -0.39 is 0 Å². The fraction of sp³-hybridized carbons (Fsp3) is 0.857. The molecule has 1 aromatic heterocycles. The summed E-state index contributed by atoms with van der Waals surface area (Å²) in [6, 6.07) is 0. The van der Waals surface area contributed by atoms with Crippen molar-refractivity contribution in [1.82, 2.24) is 10.1 Å². The fourth-order valence-electron chi connectivity index (χ4n) is 2.59. The molecule has 1 heterocycles. The number of nitrogens with two attached hydrogens (primary N) is 1. The van der Waals surface area contributed by atoms with Gasteiger partial charge in [0.25, 0.3) is 0 Å². The molecule has 102 valence electrons. The van der Waals surface area contributed by atoms with E-state index in [1.165, 1.54) is 12.8 Å². The van der Waals surface area contributed by atoms with Gasteiger partial charge in [0.05, 0.1) is 5.54 Å². The third-order valence-electron chi connectivity index (χ3n) is 4.07. The summed E-state index contributed by atoms with van der Waals surface area (Å²) in [5, 5.41) is 4.10. The molecule has 1 aliphatic rings. The number of aryl methyl sites for hydroxylation is 1. The van der Waals surface area contributed by atoms with Gasteiger partial charge in [0.2, 0.25) is 5.89 Å². The summed E-state index contributed by atoms with van der Waals surface area (Å²) in [7, 11) is 0. The Morgan fingerprint density at radius 3 is 2.72 bits per heavy atom. The topological polar surface area (TPSA) is 64.9 Å². The summed E-state index contributed by atoms with van der Waals surface area (Å²) >= 11 is 0. The predicted molar refractivity (Wildman–Crippen MR) is 71.0 cm³/mol. The Kier molecular flexibility index (Phi) is 4.38. The molecular formula is C14H25N3O. The molecule has 0 unspecified atom stereocenters. The molecule has 0 spiro atoms. The molecule has 0 radical (unpaired) electrons. The maximum atomic E-state index is 6.43. The third kappa shape index (κ3) is 3.10. The second-order valence-electron chi connectivity index (χ2n) is 5.81. The highest BCUT2D eigenvalue weighted by Gasteiger charge is 2.36. The summed E-state index contributed by atoms with van der Waals surface area (Å²) < 4.78 is 5.32. The molecule has 0 atom stereocenters. The van der Waals surface area contributed by atoms with Gasteiger partial charge in [-0.3, -0.25) is 0 Å². The van der Waals surface area contributed by atoms with Crippen molar-refractivity contribution in [2.45, 2.75) is 70.8 Å². The van der Waals surface area contributed by atoms with Crippen LogP contribution in [0.3, 0.4) is 0 Å². The Hall–Kier alpha value is -0.900. The van der Waals surface area contributed by atoms with Crippen LogP contribution in [0.25, 0.3) is 0 Å². The predicted octanol–water partition coefficient (Wildman–Crippen LogP) is 3.17. The molecule has 0 aliphatic heterocycles. The summed E-state index contributed by atoms with van der Waals surface area (Å²) in [6.07, 6.45) is 8.69. The van der Waals surface area contributed by atoms with Crippen molar-refractivity contribution in [3.8, 4) is 0 Å². The lowest BCUT2D eigenvalue weighted by molar-refractivity contribution is 0.230. The fourth-order valence-corrected chi connectivity index (χ4v) is 2.59. The molecule has 4 heteroatoms. The van der Waals surface area contributed by atoms with Crippen molar-refractivity contribution in [2.24, 2.45) is 11.7 Å². The first kappa shape index (κ1) is 13.5. The van der Waals surface area contributed by atoms with E-state index in [-0.39, 0.29) is 5.54 Å². The molecule has 1 saturated carbocycles. The quantitative estimate of drug-likeness (QED) is 0.816. The molecule has 0 aromatic carbocycles. The van der Waals surface area contributed by atoms with E-state index in [9.17, 15) is 0 Å². The van der Waals surface area contributed by atoms with Crippen LogP contribution in [0.1, 0.15) is 70.5 Å². The van der Waals surface area contributed by atoms with Gasteiger partial charge >= 0.3 is 0 Å². The van der Waals surface area contributed by atoms with E-state index in [1.54, 1.807) is 0 Å². The van der Waals surface area contributed by atoms with Crippen LogP contribution in [-0.2, 0) is 12.0 Å². The highest BCUT2D eigenvalue weighted by atomic mass is 16.5. The molecule has 1 aromatic rings. The zero-order valence-electron chi connectivity index (χ0n) is 11.6. The number of unbranched alkanes of at least 4 members (excludes halogenated alkanes) is 2. The van der Waals surface area contributed by atoms with E-state index in [0.717, 1.165) is 56.2 Å². The normalized spacial score (nSPS) is 28.5. The van der Waals surface area contributed by atoms with Gasteiger partial charge in [-0.2, -0.15) is 4.98 Å². The Bertz CT molecular complexity index is 367. The minimum absolute atomic E-state index is 0.348. The summed E-state index contributed by atoms with van der Waals surface area (Å²) in [4.78, 5) is 4.50. The van der Waals surface area contributed by atoms with E-state index >= 15 is 0 Å². The van der Waals surface area contributed by atoms with Crippen molar-refractivity contribution in [1.29, 1.82) is 0 Å². The smallest absolute Gasteiger partial charge is 0.226 e. The maximum absolute atomic E-state index is 6.43. The molecule has 1 aliphatic carbocycles. The van der Waals surface area contributed by atoms with Crippen molar-refractivity contribution in [2.75, 3.05) is 0 Å². The van der Waals surface area contributed by atoms with Gasteiger partial charge in [0.15, 0.2) is 5.82 Å². The SMILES string of the molecule is CCCCCc1nc(C2(N)CCC(C)CC2)no1. The first-order valence-corrected chi connectivity index (χ1v) is 7.26. The van der Waals surface area contributed by atoms with Gasteiger partial charge < -0.3 is 10.3 Å². The van der Waals surface area contributed by atoms with Gasteiger partial charge in [-0.25, -0.2) is 0 Å². The number of rotatable bonds is 5. The first-order valence-electron chi connectivity index (χ1n) is 7.26. The third-order valence-corrected chi connectivity index (χ3v) is 4.07. The monoisotopic (exact) mass is 251 g/mol. The Morgan fingerprint density at radius 1 is 1.33 bits per heavy atom. The minimum Gasteiger partial charge on any atom is -0.339 e. The van der Waals surface area contributed by atoms with Crippen molar-refractivity contribution >= 4 is 0 Å². The van der Waals surface area contributed by atoms with Crippen LogP contribution in [0.4, 0.5) is 0 Å². The number of nitrogens with zero attached hydrogens (tertiary/aromatic N) is 2. The largest absolute Gasteiger partial charge is 0.339 e. The van der Waals surface area contributed by atoms with Gasteiger partial charge in [-0.1, -0.05) is 31.8 Å². The van der Waals surface area contributed by atoms with Gasteiger partial charge in [0, 0.05) is 6.42 Å².